The second-order valence-corrected chi connectivity index (χ2v) is 6.66. The van der Waals surface area contributed by atoms with Crippen LogP contribution in [0, 0.1) is 12.3 Å². The van der Waals surface area contributed by atoms with Gasteiger partial charge in [0.1, 0.15) is 12.4 Å². The number of nitrogens with one attached hydrogen (secondary N) is 2. The maximum absolute atomic E-state index is 12.3. The van der Waals surface area contributed by atoms with Crippen molar-refractivity contribution in [1.82, 2.24) is 0 Å². The maximum atomic E-state index is 12.3. The first-order valence-electron chi connectivity index (χ1n) is 7.81. The van der Waals surface area contributed by atoms with E-state index in [1.54, 1.807) is 24.3 Å². The van der Waals surface area contributed by atoms with E-state index >= 15 is 0 Å². The van der Waals surface area contributed by atoms with E-state index in [2.05, 4.69) is 10.6 Å². The molecule has 2 N–H and O–H groups in total. The van der Waals surface area contributed by atoms with Gasteiger partial charge >= 0.3 is 0 Å². The topological polar surface area (TPSA) is 67.4 Å². The van der Waals surface area contributed by atoms with Crippen molar-refractivity contribution in [2.45, 2.75) is 20.8 Å². The zero-order valence-corrected chi connectivity index (χ0v) is 14.0. The van der Waals surface area contributed by atoms with Crippen LogP contribution in [-0.4, -0.2) is 18.4 Å². The summed E-state index contributed by atoms with van der Waals surface area (Å²) < 4.78 is 5.75. The van der Waals surface area contributed by atoms with Crippen molar-refractivity contribution in [3.8, 4) is 5.75 Å². The highest BCUT2D eigenvalue weighted by Crippen LogP contribution is 2.34. The van der Waals surface area contributed by atoms with Crippen molar-refractivity contribution in [2.75, 3.05) is 17.2 Å². The average Bonchev–Trinajstić information content (AvgIpc) is 2.65. The number of carbonyl (C=O) groups is 2. The Morgan fingerprint density at radius 2 is 2.00 bits per heavy atom. The van der Waals surface area contributed by atoms with Gasteiger partial charge in [0.15, 0.2) is 0 Å². The Balaban J connectivity index is 1.81. The standard InChI is InChI=1S/C19H20N2O3/c1-12-5-4-6-13(9-12)17(22)20-14-7-8-15-16(10-14)24-11-19(2,3)18(23)21-15/h4-10H,11H2,1-3H3,(H,20,22)(H,21,23). The lowest BCUT2D eigenvalue weighted by atomic mass is 9.94. The van der Waals surface area contributed by atoms with Gasteiger partial charge in [-0.3, -0.25) is 9.59 Å². The number of fused-ring (bicyclic) bond motifs is 1. The SMILES string of the molecule is Cc1cccc(C(=O)Nc2ccc3c(c2)OCC(C)(C)C(=O)N3)c1. The fraction of sp³-hybridized carbons (Fsp3) is 0.263. The molecule has 2 amide bonds. The van der Waals surface area contributed by atoms with Crippen LogP contribution in [0.3, 0.4) is 0 Å². The molecule has 1 heterocycles. The molecule has 0 aromatic heterocycles. The van der Waals surface area contributed by atoms with E-state index in [9.17, 15) is 9.59 Å². The normalized spacial score (nSPS) is 15.5. The lowest BCUT2D eigenvalue weighted by Gasteiger charge is -2.18. The minimum absolute atomic E-state index is 0.0854. The van der Waals surface area contributed by atoms with Gasteiger partial charge in [-0.05, 0) is 45.0 Å². The van der Waals surface area contributed by atoms with Gasteiger partial charge in [0.05, 0.1) is 11.1 Å². The molecule has 0 spiro atoms. The van der Waals surface area contributed by atoms with Crippen molar-refractivity contribution >= 4 is 23.2 Å². The van der Waals surface area contributed by atoms with Gasteiger partial charge in [0.2, 0.25) is 5.91 Å². The summed E-state index contributed by atoms with van der Waals surface area (Å²) in [6.07, 6.45) is 0. The molecular weight excluding hydrogens is 304 g/mol. The number of hydrogen-bond donors (Lipinski definition) is 2. The predicted octanol–water partition coefficient (Wildman–Crippen LogP) is 3.60. The van der Waals surface area contributed by atoms with Crippen molar-refractivity contribution in [3.63, 3.8) is 0 Å². The van der Waals surface area contributed by atoms with Crippen LogP contribution in [0.25, 0.3) is 0 Å². The zero-order chi connectivity index (χ0) is 17.3. The van der Waals surface area contributed by atoms with Gasteiger partial charge in [0.25, 0.3) is 5.91 Å². The second kappa shape index (κ2) is 6.00. The van der Waals surface area contributed by atoms with Crippen LogP contribution in [0.4, 0.5) is 11.4 Å². The Morgan fingerprint density at radius 3 is 2.75 bits per heavy atom. The van der Waals surface area contributed by atoms with Gasteiger partial charge in [0, 0.05) is 17.3 Å². The van der Waals surface area contributed by atoms with Crippen molar-refractivity contribution in [3.05, 3.63) is 53.6 Å². The number of benzene rings is 2. The molecule has 1 aliphatic rings. The van der Waals surface area contributed by atoms with E-state index in [0.29, 0.717) is 22.7 Å². The molecule has 0 radical (unpaired) electrons. The molecule has 0 saturated carbocycles. The van der Waals surface area contributed by atoms with E-state index in [1.165, 1.54) is 0 Å². The third-order valence-corrected chi connectivity index (χ3v) is 3.97. The minimum atomic E-state index is -0.607. The van der Waals surface area contributed by atoms with Crippen LogP contribution in [0.2, 0.25) is 0 Å². The Labute approximate surface area is 141 Å². The molecule has 0 atom stereocenters. The van der Waals surface area contributed by atoms with Gasteiger partial charge < -0.3 is 15.4 Å². The summed E-state index contributed by atoms with van der Waals surface area (Å²) in [5.41, 5.74) is 2.25. The summed E-state index contributed by atoms with van der Waals surface area (Å²) in [7, 11) is 0. The first-order valence-corrected chi connectivity index (χ1v) is 7.81. The number of anilines is 2. The number of aryl methyl sites for hydroxylation is 1. The molecule has 0 unspecified atom stereocenters. The van der Waals surface area contributed by atoms with E-state index < -0.39 is 5.41 Å². The first kappa shape index (κ1) is 16.1. The van der Waals surface area contributed by atoms with Crippen LogP contribution in [0.15, 0.2) is 42.5 Å². The number of rotatable bonds is 2. The highest BCUT2D eigenvalue weighted by Gasteiger charge is 2.32. The largest absolute Gasteiger partial charge is 0.490 e. The van der Waals surface area contributed by atoms with Crippen LogP contribution in [0.5, 0.6) is 5.75 Å². The number of carbonyl (C=O) groups excluding carboxylic acids is 2. The fourth-order valence-electron chi connectivity index (χ4n) is 2.43. The molecule has 24 heavy (non-hydrogen) atoms. The van der Waals surface area contributed by atoms with Gasteiger partial charge in [-0.2, -0.15) is 0 Å². The Hall–Kier alpha value is -2.82. The number of amides is 2. The Kier molecular flexibility index (Phi) is 4.01. The van der Waals surface area contributed by atoms with Crippen LogP contribution in [0.1, 0.15) is 29.8 Å². The minimum Gasteiger partial charge on any atom is -0.490 e. The molecule has 1 aliphatic heterocycles. The van der Waals surface area contributed by atoms with Crippen LogP contribution >= 0.6 is 0 Å². The van der Waals surface area contributed by atoms with Crippen molar-refractivity contribution in [2.24, 2.45) is 5.41 Å². The molecule has 0 bridgehead atoms. The second-order valence-electron chi connectivity index (χ2n) is 6.66. The van der Waals surface area contributed by atoms with Gasteiger partial charge in [-0.1, -0.05) is 17.7 Å². The molecule has 0 fully saturated rings. The highest BCUT2D eigenvalue weighted by atomic mass is 16.5. The van der Waals surface area contributed by atoms with E-state index in [4.69, 9.17) is 4.74 Å². The lowest BCUT2D eigenvalue weighted by Crippen LogP contribution is -2.33. The fourth-order valence-corrected chi connectivity index (χ4v) is 2.43. The third kappa shape index (κ3) is 3.25. The molecule has 5 nitrogen and oxygen atoms in total. The molecule has 2 aromatic carbocycles. The predicted molar refractivity (Wildman–Crippen MR) is 93.5 cm³/mol. The highest BCUT2D eigenvalue weighted by molar-refractivity contribution is 6.05. The summed E-state index contributed by atoms with van der Waals surface area (Å²) >= 11 is 0. The average molecular weight is 324 g/mol. The molecule has 124 valence electrons. The van der Waals surface area contributed by atoms with Crippen LogP contribution in [-0.2, 0) is 4.79 Å². The van der Waals surface area contributed by atoms with Crippen molar-refractivity contribution in [1.29, 1.82) is 0 Å². The zero-order valence-electron chi connectivity index (χ0n) is 14.0. The summed E-state index contributed by atoms with van der Waals surface area (Å²) in [5.74, 6) is 0.283. The summed E-state index contributed by atoms with van der Waals surface area (Å²) in [6, 6.07) is 12.6. The van der Waals surface area contributed by atoms with Gasteiger partial charge in [-0.15, -0.1) is 0 Å². The summed E-state index contributed by atoms with van der Waals surface area (Å²) in [4.78, 5) is 24.5. The van der Waals surface area contributed by atoms with E-state index in [-0.39, 0.29) is 18.4 Å². The first-order chi connectivity index (χ1) is 11.3. The molecule has 2 aromatic rings. The van der Waals surface area contributed by atoms with Gasteiger partial charge in [-0.25, -0.2) is 0 Å². The molecule has 0 aliphatic carbocycles. The van der Waals surface area contributed by atoms with Crippen molar-refractivity contribution < 1.29 is 14.3 Å². The Bertz CT molecular complexity index is 812. The molecule has 0 saturated heterocycles. The molecule has 3 rings (SSSR count). The summed E-state index contributed by atoms with van der Waals surface area (Å²) in [6.45, 7) is 5.88. The third-order valence-electron chi connectivity index (χ3n) is 3.97. The van der Waals surface area contributed by atoms with E-state index in [1.807, 2.05) is 39.0 Å². The number of hydrogen-bond acceptors (Lipinski definition) is 3. The summed E-state index contributed by atoms with van der Waals surface area (Å²) in [5, 5.41) is 5.71. The maximum Gasteiger partial charge on any atom is 0.255 e. The Morgan fingerprint density at radius 1 is 1.21 bits per heavy atom. The molecular formula is C19H20N2O3. The van der Waals surface area contributed by atoms with Crippen LogP contribution < -0.4 is 15.4 Å². The molecule has 5 heteroatoms. The smallest absolute Gasteiger partial charge is 0.255 e. The quantitative estimate of drug-likeness (QED) is 0.887. The monoisotopic (exact) mass is 324 g/mol. The van der Waals surface area contributed by atoms with E-state index in [0.717, 1.165) is 5.56 Å². The number of ether oxygens (including phenoxy) is 1. The lowest BCUT2D eigenvalue weighted by molar-refractivity contribution is -0.124.